The summed E-state index contributed by atoms with van der Waals surface area (Å²) in [5, 5.41) is 11.9. The first kappa shape index (κ1) is 38.1. The number of anilines is 1. The summed E-state index contributed by atoms with van der Waals surface area (Å²) in [6, 6.07) is 27.8. The minimum absolute atomic E-state index is 0.0397. The number of halogens is 6. The van der Waals surface area contributed by atoms with Gasteiger partial charge in [-0.15, -0.1) is 6.58 Å². The lowest BCUT2D eigenvalue weighted by Gasteiger charge is -2.29. The number of alkyl halides is 6. The first-order chi connectivity index (χ1) is 25.2. The maximum Gasteiger partial charge on any atom is 0.416 e. The average Bonchev–Trinajstić information content (AvgIpc) is 3.14. The molecule has 0 atom stereocenters. The summed E-state index contributed by atoms with van der Waals surface area (Å²) in [6.07, 6.45) is -6.23. The van der Waals surface area contributed by atoms with Crippen LogP contribution >= 0.6 is 0 Å². The van der Waals surface area contributed by atoms with Gasteiger partial charge >= 0.3 is 18.3 Å². The van der Waals surface area contributed by atoms with E-state index in [4.69, 9.17) is 5.11 Å². The molecule has 1 aliphatic rings. The van der Waals surface area contributed by atoms with Crippen molar-refractivity contribution in [2.75, 3.05) is 11.9 Å². The predicted octanol–water partition coefficient (Wildman–Crippen LogP) is 10.2. The second-order valence-electron chi connectivity index (χ2n) is 12.0. The Bertz CT molecular complexity index is 2120. The number of carbonyl (C=O) groups excluding carboxylic acids is 2. The molecule has 6 rings (SSSR count). The van der Waals surface area contributed by atoms with Crippen LogP contribution in [0, 0.1) is 0 Å². The van der Waals surface area contributed by atoms with Crippen LogP contribution in [0.2, 0.25) is 0 Å². The monoisotopic (exact) mass is 730 g/mol. The molecule has 2 N–H and O–H groups in total. The van der Waals surface area contributed by atoms with Crippen LogP contribution in [-0.2, 0) is 30.1 Å². The van der Waals surface area contributed by atoms with Gasteiger partial charge in [-0.3, -0.25) is 9.59 Å². The molecule has 0 saturated heterocycles. The SMILES string of the molecule is C=CCC(=O)N1CCc2cc(NC(=O)c3ccccc3-c3ccc(C(F)(F)F)cc3)ccc2C1.O=C(O)c1ccccc1-c1ccc(C(F)(F)F)cc1. The van der Waals surface area contributed by atoms with Crippen molar-refractivity contribution >= 4 is 23.5 Å². The molecular weight excluding hydrogens is 698 g/mol. The normalized spacial score (nSPS) is 12.5. The van der Waals surface area contributed by atoms with E-state index < -0.39 is 29.4 Å². The summed E-state index contributed by atoms with van der Waals surface area (Å²) in [6.45, 7) is 4.74. The van der Waals surface area contributed by atoms with Crippen molar-refractivity contribution in [3.8, 4) is 22.3 Å². The molecule has 0 spiro atoms. The van der Waals surface area contributed by atoms with Crippen molar-refractivity contribution in [2.24, 2.45) is 0 Å². The van der Waals surface area contributed by atoms with Crippen LogP contribution in [0.3, 0.4) is 0 Å². The highest BCUT2D eigenvalue weighted by Gasteiger charge is 2.31. The van der Waals surface area contributed by atoms with Gasteiger partial charge in [0.15, 0.2) is 0 Å². The van der Waals surface area contributed by atoms with Gasteiger partial charge in [-0.25, -0.2) is 4.79 Å². The lowest BCUT2D eigenvalue weighted by Crippen LogP contribution is -2.35. The zero-order valence-electron chi connectivity index (χ0n) is 28.0. The number of carboxylic acid groups (broad SMARTS) is 1. The molecule has 6 nitrogen and oxygen atoms in total. The van der Waals surface area contributed by atoms with Crippen molar-refractivity contribution in [2.45, 2.75) is 31.7 Å². The lowest BCUT2D eigenvalue weighted by atomic mass is 9.97. The zero-order valence-corrected chi connectivity index (χ0v) is 28.0. The van der Waals surface area contributed by atoms with Crippen LogP contribution < -0.4 is 5.32 Å². The van der Waals surface area contributed by atoms with E-state index in [1.54, 1.807) is 59.5 Å². The molecule has 53 heavy (non-hydrogen) atoms. The van der Waals surface area contributed by atoms with Gasteiger partial charge in [0.1, 0.15) is 0 Å². The fraction of sp³-hybridized carbons (Fsp3) is 0.146. The summed E-state index contributed by atoms with van der Waals surface area (Å²) in [7, 11) is 0. The molecule has 0 bridgehead atoms. The highest BCUT2D eigenvalue weighted by molar-refractivity contribution is 6.08. The molecule has 0 radical (unpaired) electrons. The zero-order chi connectivity index (χ0) is 38.3. The average molecular weight is 731 g/mol. The second-order valence-corrected chi connectivity index (χ2v) is 12.0. The lowest BCUT2D eigenvalue weighted by molar-refractivity contribution is -0.138. The molecule has 0 aromatic heterocycles. The number of nitrogens with zero attached hydrogens (tertiary/aromatic N) is 1. The van der Waals surface area contributed by atoms with Crippen molar-refractivity contribution < 1.29 is 45.8 Å². The van der Waals surface area contributed by atoms with E-state index in [0.717, 1.165) is 35.4 Å². The number of aromatic carboxylic acids is 1. The van der Waals surface area contributed by atoms with Gasteiger partial charge in [-0.05, 0) is 88.3 Å². The van der Waals surface area contributed by atoms with Crippen LogP contribution in [0.15, 0.2) is 128 Å². The van der Waals surface area contributed by atoms with E-state index in [1.165, 1.54) is 30.3 Å². The molecule has 1 aliphatic heterocycles. The van der Waals surface area contributed by atoms with Crippen molar-refractivity contribution in [3.05, 3.63) is 161 Å². The molecular formula is C41H32F6N2O4. The molecule has 5 aromatic carbocycles. The molecule has 0 fully saturated rings. The van der Waals surface area contributed by atoms with Gasteiger partial charge in [0.05, 0.1) is 16.7 Å². The summed E-state index contributed by atoms with van der Waals surface area (Å²) < 4.78 is 76.0. The van der Waals surface area contributed by atoms with Gasteiger partial charge in [0.2, 0.25) is 5.91 Å². The van der Waals surface area contributed by atoms with Crippen LogP contribution in [0.25, 0.3) is 22.3 Å². The number of fused-ring (bicyclic) bond motifs is 1. The van der Waals surface area contributed by atoms with E-state index in [0.29, 0.717) is 59.4 Å². The molecule has 272 valence electrons. The van der Waals surface area contributed by atoms with E-state index in [1.807, 2.05) is 12.1 Å². The topological polar surface area (TPSA) is 86.7 Å². The third-order valence-electron chi connectivity index (χ3n) is 8.52. The Balaban J connectivity index is 0.000000241. The fourth-order valence-corrected chi connectivity index (χ4v) is 5.83. The Morgan fingerprint density at radius 2 is 1.21 bits per heavy atom. The number of nitrogens with one attached hydrogen (secondary N) is 1. The first-order valence-corrected chi connectivity index (χ1v) is 16.2. The van der Waals surface area contributed by atoms with Gasteiger partial charge < -0.3 is 15.3 Å². The summed E-state index contributed by atoms with van der Waals surface area (Å²) in [4.78, 5) is 38.0. The van der Waals surface area contributed by atoms with E-state index in [-0.39, 0.29) is 17.4 Å². The molecule has 1 heterocycles. The standard InChI is InChI=1S/C27H23F3N2O2.C14H9F3O2/c1-2-5-25(33)32-15-14-19-16-22(13-10-20(19)17-32)31-26(34)24-7-4-3-6-23(24)18-8-11-21(12-9-18)27(28,29)30;15-14(16,17)10-7-5-9(6-8-10)11-3-1-2-4-12(11)13(18)19/h2-4,6-13,16H,1,5,14-15,17H2,(H,31,34);1-8H,(H,18,19). The molecule has 0 aliphatic carbocycles. The Kier molecular flexibility index (Phi) is 11.5. The van der Waals surface area contributed by atoms with Gasteiger partial charge in [0.25, 0.3) is 5.91 Å². The third-order valence-corrected chi connectivity index (χ3v) is 8.52. The Labute approximate surface area is 301 Å². The Morgan fingerprint density at radius 1 is 0.698 bits per heavy atom. The van der Waals surface area contributed by atoms with Crippen molar-refractivity contribution in [1.29, 1.82) is 0 Å². The third kappa shape index (κ3) is 9.39. The predicted molar refractivity (Wildman–Crippen MR) is 189 cm³/mol. The highest BCUT2D eigenvalue weighted by Crippen LogP contribution is 2.33. The number of amides is 2. The maximum absolute atomic E-state index is 13.1. The van der Waals surface area contributed by atoms with Crippen molar-refractivity contribution in [3.63, 3.8) is 0 Å². The first-order valence-electron chi connectivity index (χ1n) is 16.2. The molecule has 0 unspecified atom stereocenters. The Morgan fingerprint density at radius 3 is 1.72 bits per heavy atom. The largest absolute Gasteiger partial charge is 0.478 e. The Hall–Kier alpha value is -6.17. The summed E-state index contributed by atoms with van der Waals surface area (Å²) in [5.41, 5.74) is 3.54. The second kappa shape index (κ2) is 16.0. The molecule has 0 saturated carbocycles. The van der Waals surface area contributed by atoms with Crippen LogP contribution in [-0.4, -0.2) is 34.3 Å². The van der Waals surface area contributed by atoms with Gasteiger partial charge in [-0.1, -0.05) is 72.8 Å². The molecule has 5 aromatic rings. The van der Waals surface area contributed by atoms with E-state index >= 15 is 0 Å². The highest BCUT2D eigenvalue weighted by atomic mass is 19.4. The van der Waals surface area contributed by atoms with Crippen LogP contribution in [0.1, 0.15) is 49.4 Å². The number of hydrogen-bond acceptors (Lipinski definition) is 3. The summed E-state index contributed by atoms with van der Waals surface area (Å²) in [5.74, 6) is -1.43. The van der Waals surface area contributed by atoms with Crippen LogP contribution in [0.4, 0.5) is 32.0 Å². The van der Waals surface area contributed by atoms with Gasteiger partial charge in [0, 0.05) is 30.8 Å². The molecule has 2 amide bonds. The quantitative estimate of drug-likeness (QED) is 0.129. The van der Waals surface area contributed by atoms with Gasteiger partial charge in [-0.2, -0.15) is 26.3 Å². The number of hydrogen-bond donors (Lipinski definition) is 2. The smallest absolute Gasteiger partial charge is 0.416 e. The number of rotatable bonds is 7. The van der Waals surface area contributed by atoms with Crippen molar-refractivity contribution in [1.82, 2.24) is 4.90 Å². The minimum atomic E-state index is -4.42. The van der Waals surface area contributed by atoms with E-state index in [2.05, 4.69) is 11.9 Å². The summed E-state index contributed by atoms with van der Waals surface area (Å²) >= 11 is 0. The maximum atomic E-state index is 13.1. The number of carbonyl (C=O) groups is 3. The molecule has 12 heteroatoms. The van der Waals surface area contributed by atoms with Crippen LogP contribution in [0.5, 0.6) is 0 Å². The fourth-order valence-electron chi connectivity index (χ4n) is 5.83. The van der Waals surface area contributed by atoms with E-state index in [9.17, 15) is 40.7 Å². The number of carboxylic acids is 1. The minimum Gasteiger partial charge on any atom is -0.478 e. The number of benzene rings is 5.